The van der Waals surface area contributed by atoms with Crippen LogP contribution in [0.1, 0.15) is 40.5 Å². The molecule has 0 bridgehead atoms. The van der Waals surface area contributed by atoms with Crippen LogP contribution >= 0.6 is 11.6 Å². The maximum Gasteiger partial charge on any atom is 0.331 e. The maximum absolute atomic E-state index is 10.9. The Morgan fingerprint density at radius 2 is 1.89 bits per heavy atom. The van der Waals surface area contributed by atoms with E-state index in [1.807, 2.05) is 24.8 Å². The van der Waals surface area contributed by atoms with Gasteiger partial charge in [0.05, 0.1) is 0 Å². The fourth-order valence-corrected chi connectivity index (χ4v) is 1.61. The molecule has 0 saturated carbocycles. The average Bonchev–Trinajstić information content (AvgIpc) is 2.37. The SMILES string of the molecule is CCC/C=C(Cl)/N=C(\C=C(/C)C(=O)O)N(CC)CC. The zero-order valence-corrected chi connectivity index (χ0v) is 12.9. The molecule has 0 aliphatic heterocycles. The Bertz CT molecular complexity index is 383. The van der Waals surface area contributed by atoms with Gasteiger partial charge in [-0.3, -0.25) is 0 Å². The van der Waals surface area contributed by atoms with Crippen LogP contribution in [0.5, 0.6) is 0 Å². The molecule has 0 aliphatic carbocycles. The van der Waals surface area contributed by atoms with Crippen molar-refractivity contribution in [1.82, 2.24) is 4.90 Å². The second-order valence-electron chi connectivity index (χ2n) is 4.09. The summed E-state index contributed by atoms with van der Waals surface area (Å²) >= 11 is 6.05. The minimum absolute atomic E-state index is 0.241. The van der Waals surface area contributed by atoms with E-state index in [1.165, 1.54) is 0 Å². The van der Waals surface area contributed by atoms with Gasteiger partial charge < -0.3 is 10.0 Å². The van der Waals surface area contributed by atoms with E-state index in [0.29, 0.717) is 11.0 Å². The van der Waals surface area contributed by atoms with Crippen molar-refractivity contribution < 1.29 is 9.90 Å². The molecule has 0 aromatic carbocycles. The van der Waals surface area contributed by atoms with Gasteiger partial charge in [0.15, 0.2) is 0 Å². The Labute approximate surface area is 120 Å². The quantitative estimate of drug-likeness (QED) is 0.336. The van der Waals surface area contributed by atoms with Crippen LogP contribution in [0.2, 0.25) is 0 Å². The molecule has 0 aromatic rings. The summed E-state index contributed by atoms with van der Waals surface area (Å²) in [5.41, 5.74) is 0.241. The number of aliphatic carboxylic acids is 1. The average molecular weight is 287 g/mol. The molecule has 0 saturated heterocycles. The first kappa shape index (κ1) is 17.7. The first-order valence-electron chi connectivity index (χ1n) is 6.57. The number of halogens is 1. The van der Waals surface area contributed by atoms with Gasteiger partial charge in [-0.25, -0.2) is 9.79 Å². The summed E-state index contributed by atoms with van der Waals surface area (Å²) in [6, 6.07) is 0. The predicted molar refractivity (Wildman–Crippen MR) is 80.6 cm³/mol. The van der Waals surface area contributed by atoms with Gasteiger partial charge in [-0.2, -0.15) is 0 Å². The van der Waals surface area contributed by atoms with Crippen molar-refractivity contribution >= 4 is 23.4 Å². The number of carboxylic acid groups (broad SMARTS) is 1. The lowest BCUT2D eigenvalue weighted by molar-refractivity contribution is -0.132. The van der Waals surface area contributed by atoms with Crippen LogP contribution in [0, 0.1) is 0 Å². The predicted octanol–water partition coefficient (Wildman–Crippen LogP) is 3.64. The Balaban J connectivity index is 5.33. The van der Waals surface area contributed by atoms with Crippen molar-refractivity contribution in [2.75, 3.05) is 13.1 Å². The van der Waals surface area contributed by atoms with Crippen molar-refractivity contribution in [3.8, 4) is 0 Å². The largest absolute Gasteiger partial charge is 0.478 e. The zero-order chi connectivity index (χ0) is 14.8. The molecular weight excluding hydrogens is 264 g/mol. The third-order valence-corrected chi connectivity index (χ3v) is 2.83. The summed E-state index contributed by atoms with van der Waals surface area (Å²) in [5, 5.41) is 9.35. The van der Waals surface area contributed by atoms with Crippen molar-refractivity contribution in [1.29, 1.82) is 0 Å². The van der Waals surface area contributed by atoms with Crippen molar-refractivity contribution in [3.05, 3.63) is 22.9 Å². The van der Waals surface area contributed by atoms with Crippen LogP contribution in [0.4, 0.5) is 0 Å². The molecule has 1 N–H and O–H groups in total. The smallest absolute Gasteiger partial charge is 0.331 e. The van der Waals surface area contributed by atoms with E-state index in [-0.39, 0.29) is 5.57 Å². The van der Waals surface area contributed by atoms with Gasteiger partial charge in [0.2, 0.25) is 0 Å². The zero-order valence-electron chi connectivity index (χ0n) is 12.1. The van der Waals surface area contributed by atoms with Crippen LogP contribution in [0.25, 0.3) is 0 Å². The lowest BCUT2D eigenvalue weighted by Crippen LogP contribution is -2.29. The number of unbranched alkanes of at least 4 members (excludes halogenated alkanes) is 1. The number of aliphatic imine (C=N–C) groups is 1. The number of allylic oxidation sites excluding steroid dienone is 1. The monoisotopic (exact) mass is 286 g/mol. The molecule has 5 heteroatoms. The summed E-state index contributed by atoms with van der Waals surface area (Å²) in [5.74, 6) is -0.365. The standard InChI is InChI=1S/C14H23ClN2O2/c1-5-8-9-12(15)16-13(17(6-2)7-3)10-11(4)14(18)19/h9-10H,5-8H2,1-4H3,(H,18,19)/b11-10+,12-9+,16-13+. The molecule has 0 radical (unpaired) electrons. The number of carboxylic acids is 1. The highest BCUT2D eigenvalue weighted by atomic mass is 35.5. The van der Waals surface area contributed by atoms with E-state index in [0.717, 1.165) is 25.9 Å². The van der Waals surface area contributed by atoms with Gasteiger partial charge in [-0.05, 0) is 39.3 Å². The fourth-order valence-electron chi connectivity index (χ4n) is 1.42. The first-order valence-corrected chi connectivity index (χ1v) is 6.94. The van der Waals surface area contributed by atoms with Gasteiger partial charge in [0.1, 0.15) is 11.0 Å². The number of hydrogen-bond donors (Lipinski definition) is 1. The summed E-state index contributed by atoms with van der Waals surface area (Å²) < 4.78 is 0. The lowest BCUT2D eigenvalue weighted by atomic mass is 10.2. The Morgan fingerprint density at radius 1 is 1.32 bits per heavy atom. The van der Waals surface area contributed by atoms with Crippen molar-refractivity contribution in [2.24, 2.45) is 4.99 Å². The number of rotatable bonds is 7. The van der Waals surface area contributed by atoms with E-state index in [9.17, 15) is 4.79 Å². The third-order valence-electron chi connectivity index (χ3n) is 2.59. The van der Waals surface area contributed by atoms with E-state index >= 15 is 0 Å². The van der Waals surface area contributed by atoms with Crippen LogP contribution in [0.3, 0.4) is 0 Å². The molecule has 0 amide bonds. The second kappa shape index (κ2) is 9.62. The molecule has 0 aliphatic rings. The summed E-state index contributed by atoms with van der Waals surface area (Å²) in [6.45, 7) is 9.09. The Morgan fingerprint density at radius 3 is 2.32 bits per heavy atom. The molecular formula is C14H23ClN2O2. The molecule has 108 valence electrons. The van der Waals surface area contributed by atoms with Crippen molar-refractivity contribution in [3.63, 3.8) is 0 Å². The normalized spacial score (nSPS) is 13.6. The molecule has 0 unspecified atom stereocenters. The molecule has 0 fully saturated rings. The van der Waals surface area contributed by atoms with E-state index in [1.54, 1.807) is 13.0 Å². The molecule has 0 rings (SSSR count). The van der Waals surface area contributed by atoms with Crippen LogP contribution in [0.15, 0.2) is 27.9 Å². The van der Waals surface area contributed by atoms with Gasteiger partial charge in [0, 0.05) is 18.7 Å². The Hall–Kier alpha value is -1.29. The summed E-state index contributed by atoms with van der Waals surface area (Å²) in [4.78, 5) is 17.2. The highest BCUT2D eigenvalue weighted by Gasteiger charge is 2.09. The van der Waals surface area contributed by atoms with Gasteiger partial charge in [-0.1, -0.05) is 24.9 Å². The number of likely N-dealkylation sites (N-methyl/N-ethyl adjacent to an activating group) is 1. The van der Waals surface area contributed by atoms with Crippen LogP contribution in [-0.4, -0.2) is 34.9 Å². The molecule has 0 spiro atoms. The fraction of sp³-hybridized carbons (Fsp3) is 0.571. The molecule has 0 aromatic heterocycles. The lowest BCUT2D eigenvalue weighted by Gasteiger charge is -2.21. The molecule has 0 atom stereocenters. The maximum atomic E-state index is 10.9. The van der Waals surface area contributed by atoms with Crippen LogP contribution < -0.4 is 0 Å². The summed E-state index contributed by atoms with van der Waals surface area (Å²) in [7, 11) is 0. The first-order chi connectivity index (χ1) is 8.96. The summed E-state index contributed by atoms with van der Waals surface area (Å²) in [6.07, 6.45) is 5.25. The van der Waals surface area contributed by atoms with E-state index in [2.05, 4.69) is 11.9 Å². The highest BCUT2D eigenvalue weighted by Crippen LogP contribution is 2.10. The van der Waals surface area contributed by atoms with E-state index < -0.39 is 5.97 Å². The van der Waals surface area contributed by atoms with E-state index in [4.69, 9.17) is 16.7 Å². The minimum Gasteiger partial charge on any atom is -0.478 e. The van der Waals surface area contributed by atoms with Crippen LogP contribution in [-0.2, 0) is 4.79 Å². The number of nitrogens with zero attached hydrogens (tertiary/aromatic N) is 2. The minimum atomic E-state index is -0.950. The molecule has 0 heterocycles. The van der Waals surface area contributed by atoms with Gasteiger partial charge in [-0.15, -0.1) is 0 Å². The Kier molecular flexibility index (Phi) is 8.96. The topological polar surface area (TPSA) is 52.9 Å². The number of hydrogen-bond acceptors (Lipinski definition) is 2. The van der Waals surface area contributed by atoms with Crippen molar-refractivity contribution in [2.45, 2.75) is 40.5 Å². The van der Waals surface area contributed by atoms with Gasteiger partial charge >= 0.3 is 5.97 Å². The number of amidine groups is 1. The third kappa shape index (κ3) is 7.01. The second-order valence-corrected chi connectivity index (χ2v) is 4.48. The molecule has 19 heavy (non-hydrogen) atoms. The van der Waals surface area contributed by atoms with Gasteiger partial charge in [0.25, 0.3) is 0 Å². The molecule has 4 nitrogen and oxygen atoms in total. The number of carbonyl (C=O) groups is 1. The highest BCUT2D eigenvalue weighted by molar-refractivity contribution is 6.30.